The predicted octanol–water partition coefficient (Wildman–Crippen LogP) is -3.32. The fourth-order valence-corrected chi connectivity index (χ4v) is 0. The van der Waals surface area contributed by atoms with Gasteiger partial charge < -0.3 is 10.8 Å². The van der Waals surface area contributed by atoms with Gasteiger partial charge in [0.15, 0.2) is 0 Å². The van der Waals surface area contributed by atoms with E-state index >= 15 is 0 Å². The van der Waals surface area contributed by atoms with E-state index in [-0.39, 0.29) is 43.7 Å². The summed E-state index contributed by atoms with van der Waals surface area (Å²) in [6.07, 6.45) is 0. The van der Waals surface area contributed by atoms with Crippen molar-refractivity contribution in [2.75, 3.05) is 7.11 Å². The van der Waals surface area contributed by atoms with Crippen LogP contribution in [0.15, 0.2) is 0 Å². The molecule has 0 heterocycles. The maximum atomic E-state index is 7.00. The van der Waals surface area contributed by atoms with E-state index in [1.54, 1.807) is 0 Å². The van der Waals surface area contributed by atoms with Crippen molar-refractivity contribution in [3.8, 4) is 0 Å². The van der Waals surface area contributed by atoms with Gasteiger partial charge in [-0.3, -0.25) is 0 Å². The summed E-state index contributed by atoms with van der Waals surface area (Å²) >= 11 is 0. The first-order valence-corrected chi connectivity index (χ1v) is 0.447. The normalized spacial score (nSPS) is 1.50. The molecule has 0 unspecified atom stereocenters. The largest absolute Gasteiger partial charge is 3.00 e. The van der Waals surface area contributed by atoms with Crippen molar-refractivity contribution in [2.24, 2.45) is 0 Å². The third-order valence-electron chi connectivity index (χ3n) is 0. The molecule has 0 amide bonds. The van der Waals surface area contributed by atoms with E-state index in [9.17, 15) is 0 Å². The van der Waals surface area contributed by atoms with Crippen LogP contribution in [0.1, 0.15) is 5.71 Å². The number of aliphatic hydroxyl groups is 1. The Labute approximate surface area is 56.2 Å². The van der Waals surface area contributed by atoms with Crippen molar-refractivity contribution >= 4 is 8.41 Å². The molecule has 4 heavy (non-hydrogen) atoms. The molecule has 22 valence electrons. The Morgan fingerprint density at radius 3 is 1.50 bits per heavy atom. The van der Waals surface area contributed by atoms with Gasteiger partial charge in [-0.25, -0.2) is 0 Å². The van der Waals surface area contributed by atoms with E-state index in [4.69, 9.17) is 5.11 Å². The summed E-state index contributed by atoms with van der Waals surface area (Å²) in [4.78, 5) is 0. The summed E-state index contributed by atoms with van der Waals surface area (Å²) in [7, 11) is 1.00. The molecule has 0 atom stereocenters. The van der Waals surface area contributed by atoms with Gasteiger partial charge in [-0.15, -0.1) is 0 Å². The summed E-state index contributed by atoms with van der Waals surface area (Å²) in [5, 5.41) is 7.00. The minimum absolute atomic E-state index is 0. The maximum Gasteiger partial charge on any atom is 3.00 e. The zero-order valence-corrected chi connectivity index (χ0v) is 5.02. The molecule has 0 aromatic carbocycles. The van der Waals surface area contributed by atoms with Crippen molar-refractivity contribution in [1.82, 2.24) is 0 Å². The van der Waals surface area contributed by atoms with Crippen LogP contribution in [-0.4, -0.2) is 20.6 Å². The van der Waals surface area contributed by atoms with Crippen LogP contribution in [0.3, 0.4) is 0 Å². The average molecular weight is 69.9 g/mol. The molecule has 1 N–H and O–H groups in total. The van der Waals surface area contributed by atoms with E-state index in [2.05, 4.69) is 0 Å². The summed E-state index contributed by atoms with van der Waals surface area (Å²) in [6, 6.07) is 0. The van der Waals surface area contributed by atoms with Crippen LogP contribution < -0.4 is 29.6 Å². The molecule has 0 aromatic rings. The number of aliphatic hydroxyl groups excluding tert-OH is 1. The van der Waals surface area contributed by atoms with Gasteiger partial charge in [0.1, 0.15) is 0 Å². The first-order chi connectivity index (χ1) is 1.00. The van der Waals surface area contributed by atoms with E-state index in [0.717, 1.165) is 7.11 Å². The monoisotopic (exact) mass is 70.1 g/mol. The Kier molecular flexibility index (Phi) is 174. The van der Waals surface area contributed by atoms with E-state index in [1.165, 1.54) is 0 Å². The SMILES string of the molecule is CO.[B+3].[H-].[H-].[H-].[H-].[Na+]. The van der Waals surface area contributed by atoms with Gasteiger partial charge in [0.05, 0.1) is 0 Å². The molecule has 0 bridgehead atoms. The number of rotatable bonds is 0. The second kappa shape index (κ2) is 35.1. The fraction of sp³-hybridized carbons (Fsp3) is 1.00. The Bertz CT molecular complexity index is 16.0. The van der Waals surface area contributed by atoms with Crippen molar-refractivity contribution in [2.45, 2.75) is 0 Å². The van der Waals surface area contributed by atoms with E-state index < -0.39 is 0 Å². The average Bonchev–Trinajstić information content (AvgIpc) is 1.00. The zero-order valence-electron chi connectivity index (χ0n) is 7.02. The summed E-state index contributed by atoms with van der Waals surface area (Å²) < 4.78 is 0. The van der Waals surface area contributed by atoms with Crippen LogP contribution in [0, 0.1) is 0 Å². The Morgan fingerprint density at radius 2 is 1.50 bits per heavy atom. The quantitative estimate of drug-likeness (QED) is 0.296. The molecule has 3 heteroatoms. The van der Waals surface area contributed by atoms with Gasteiger partial charge in [0.2, 0.25) is 0 Å². The summed E-state index contributed by atoms with van der Waals surface area (Å²) in [5.74, 6) is 0. The van der Waals surface area contributed by atoms with Crippen LogP contribution in [0.25, 0.3) is 0 Å². The molecular formula is CH8BNaO. The molecule has 0 saturated carbocycles. The van der Waals surface area contributed by atoms with Gasteiger partial charge in [-0.2, -0.15) is 0 Å². The molecule has 0 aliphatic rings. The predicted molar refractivity (Wildman–Crippen MR) is 18.3 cm³/mol. The Balaban J connectivity index is -0.000000000333. The van der Waals surface area contributed by atoms with Crippen LogP contribution in [0.2, 0.25) is 0 Å². The molecular weight excluding hydrogens is 61.8 g/mol. The molecule has 0 aliphatic heterocycles. The standard InChI is InChI=1S/CH4O.B.Na.4H/c1-2;;;;;;/h2H,1H3;;;;;;/q;+3;+1;4*-1. The summed E-state index contributed by atoms with van der Waals surface area (Å²) in [6.45, 7) is 0. The van der Waals surface area contributed by atoms with Crippen molar-refractivity contribution in [3.63, 3.8) is 0 Å². The van der Waals surface area contributed by atoms with Crippen LogP contribution in [-0.2, 0) is 0 Å². The third-order valence-corrected chi connectivity index (χ3v) is 0. The molecule has 0 aliphatic carbocycles. The minimum atomic E-state index is 0. The summed E-state index contributed by atoms with van der Waals surface area (Å²) in [5.41, 5.74) is 0. The minimum Gasteiger partial charge on any atom is -1.00 e. The molecule has 0 saturated heterocycles. The van der Waals surface area contributed by atoms with Gasteiger partial charge >= 0.3 is 38.0 Å². The van der Waals surface area contributed by atoms with E-state index in [0.29, 0.717) is 0 Å². The van der Waals surface area contributed by atoms with Gasteiger partial charge in [-0.1, -0.05) is 0 Å². The van der Waals surface area contributed by atoms with Gasteiger partial charge in [0.25, 0.3) is 0 Å². The number of hydrogen-bond acceptors (Lipinski definition) is 1. The van der Waals surface area contributed by atoms with Crippen LogP contribution in [0.5, 0.6) is 0 Å². The fourth-order valence-electron chi connectivity index (χ4n) is 0. The van der Waals surface area contributed by atoms with Gasteiger partial charge in [0, 0.05) is 7.11 Å². The number of hydrogen-bond donors (Lipinski definition) is 1. The third kappa shape index (κ3) is 11.8. The van der Waals surface area contributed by atoms with Crippen molar-refractivity contribution < 1.29 is 40.4 Å². The van der Waals surface area contributed by atoms with Gasteiger partial charge in [-0.05, 0) is 0 Å². The second-order valence-corrected chi connectivity index (χ2v) is 0. The first kappa shape index (κ1) is 19.9. The molecule has 0 fully saturated rings. The first-order valence-electron chi connectivity index (χ1n) is 0.447. The van der Waals surface area contributed by atoms with Crippen molar-refractivity contribution in [3.05, 3.63) is 0 Å². The topological polar surface area (TPSA) is 20.2 Å². The molecule has 1 nitrogen and oxygen atoms in total. The van der Waals surface area contributed by atoms with Crippen LogP contribution >= 0.6 is 0 Å². The zero-order chi connectivity index (χ0) is 2.00. The van der Waals surface area contributed by atoms with E-state index in [1.807, 2.05) is 0 Å². The Morgan fingerprint density at radius 1 is 1.50 bits per heavy atom. The second-order valence-electron chi connectivity index (χ2n) is 0. The Hall–Kier alpha value is 1.02. The smallest absolute Gasteiger partial charge is 1.00 e. The van der Waals surface area contributed by atoms with Crippen LogP contribution in [0.4, 0.5) is 0 Å². The molecule has 0 rings (SSSR count). The molecule has 0 radical (unpaired) electrons. The maximum absolute atomic E-state index is 7.00. The molecule has 0 aromatic heterocycles. The molecule has 0 spiro atoms. The van der Waals surface area contributed by atoms with Crippen molar-refractivity contribution in [1.29, 1.82) is 0 Å².